The molecule has 12 heteroatoms. The summed E-state index contributed by atoms with van der Waals surface area (Å²) < 4.78 is 64.1. The third-order valence-electron chi connectivity index (χ3n) is 5.50. The minimum Gasteiger partial charge on any atom is -0.475 e. The number of carboxylic acids is 1. The molecule has 2 heterocycles. The van der Waals surface area contributed by atoms with Gasteiger partial charge in [-0.05, 0) is 48.2 Å². The van der Waals surface area contributed by atoms with Gasteiger partial charge in [-0.3, -0.25) is 9.69 Å². The van der Waals surface area contributed by atoms with Gasteiger partial charge in [0, 0.05) is 36.4 Å². The molecule has 0 saturated heterocycles. The van der Waals surface area contributed by atoms with Crippen LogP contribution in [0.3, 0.4) is 0 Å². The third-order valence-corrected chi connectivity index (χ3v) is 5.50. The fourth-order valence-electron chi connectivity index (χ4n) is 3.65. The molecule has 2 aromatic carbocycles. The number of nitrogens with zero attached hydrogens (tertiary/aromatic N) is 2. The van der Waals surface area contributed by atoms with Gasteiger partial charge in [-0.2, -0.15) is 13.2 Å². The van der Waals surface area contributed by atoms with Crippen LogP contribution in [0, 0.1) is 11.6 Å². The molecule has 2 aliphatic rings. The molecule has 1 amide bonds. The maximum atomic E-state index is 13.9. The number of carbonyl (C=O) groups excluding carboxylic acids is 1. The molecule has 0 atom stereocenters. The average molecular weight is 495 g/mol. The Kier molecular flexibility index (Phi) is 6.57. The first-order valence-electron chi connectivity index (χ1n) is 10.4. The molecule has 0 unspecified atom stereocenters. The number of carboxylic acid groups (broad SMARTS) is 1. The van der Waals surface area contributed by atoms with Crippen molar-refractivity contribution in [1.82, 2.24) is 10.1 Å². The Balaban J connectivity index is 0.000000364. The molecular weight excluding hydrogens is 477 g/mol. The number of fused-ring (bicyclic) bond motifs is 1. The number of hydrogen-bond donors (Lipinski definition) is 2. The zero-order valence-corrected chi connectivity index (χ0v) is 17.9. The molecule has 2 N–H and O–H groups in total. The van der Waals surface area contributed by atoms with E-state index >= 15 is 0 Å². The van der Waals surface area contributed by atoms with Gasteiger partial charge in [0.05, 0.1) is 0 Å². The Morgan fingerprint density at radius 3 is 2.46 bits per heavy atom. The maximum Gasteiger partial charge on any atom is 0.490 e. The van der Waals surface area contributed by atoms with E-state index in [-0.39, 0.29) is 17.0 Å². The first-order valence-corrected chi connectivity index (χ1v) is 10.4. The number of amides is 1. The second kappa shape index (κ2) is 9.45. The van der Waals surface area contributed by atoms with E-state index in [1.807, 2.05) is 12.1 Å². The molecule has 35 heavy (non-hydrogen) atoms. The lowest BCUT2D eigenvalue weighted by Gasteiger charge is -2.13. The molecule has 0 radical (unpaired) electrons. The van der Waals surface area contributed by atoms with Crippen molar-refractivity contribution in [3.05, 3.63) is 71.0 Å². The summed E-state index contributed by atoms with van der Waals surface area (Å²) in [5, 5.41) is 13.7. The minimum atomic E-state index is -5.08. The highest BCUT2D eigenvalue weighted by Gasteiger charge is 2.38. The molecule has 0 spiro atoms. The summed E-state index contributed by atoms with van der Waals surface area (Å²) in [6.07, 6.45) is -2.62. The summed E-state index contributed by atoms with van der Waals surface area (Å²) >= 11 is 0. The number of anilines is 1. The fraction of sp³-hybridized carbons (Fsp3) is 0.261. The van der Waals surface area contributed by atoms with Crippen LogP contribution >= 0.6 is 0 Å². The van der Waals surface area contributed by atoms with Gasteiger partial charge >= 0.3 is 12.1 Å². The van der Waals surface area contributed by atoms with Gasteiger partial charge in [-0.25, -0.2) is 13.6 Å². The monoisotopic (exact) mass is 495 g/mol. The maximum absolute atomic E-state index is 13.9. The first-order chi connectivity index (χ1) is 16.5. The number of halogens is 5. The summed E-state index contributed by atoms with van der Waals surface area (Å²) in [5.41, 5.74) is 3.08. The topological polar surface area (TPSA) is 95.7 Å². The number of aliphatic carboxylic acids is 1. The molecule has 5 rings (SSSR count). The Morgan fingerprint density at radius 1 is 1.09 bits per heavy atom. The lowest BCUT2D eigenvalue weighted by atomic mass is 10.1. The van der Waals surface area contributed by atoms with E-state index < -0.39 is 29.7 Å². The summed E-state index contributed by atoms with van der Waals surface area (Å²) in [6, 6.07) is 10.9. The van der Waals surface area contributed by atoms with E-state index in [1.54, 1.807) is 0 Å². The number of hydrogen-bond acceptors (Lipinski definition) is 5. The van der Waals surface area contributed by atoms with Crippen molar-refractivity contribution in [2.24, 2.45) is 0 Å². The zero-order valence-electron chi connectivity index (χ0n) is 17.9. The highest BCUT2D eigenvalue weighted by Crippen LogP contribution is 2.37. The lowest BCUT2D eigenvalue weighted by Crippen LogP contribution is -2.21. The molecule has 7 nitrogen and oxygen atoms in total. The van der Waals surface area contributed by atoms with Crippen molar-refractivity contribution >= 4 is 17.6 Å². The quantitative estimate of drug-likeness (QED) is 0.496. The van der Waals surface area contributed by atoms with Crippen LogP contribution in [0.1, 0.15) is 34.5 Å². The Morgan fingerprint density at radius 2 is 1.80 bits per heavy atom. The molecule has 184 valence electrons. The minimum absolute atomic E-state index is 0.0523. The van der Waals surface area contributed by atoms with Gasteiger partial charge in [-0.15, -0.1) is 0 Å². The molecule has 3 aromatic rings. The van der Waals surface area contributed by atoms with Crippen molar-refractivity contribution < 1.29 is 41.2 Å². The smallest absolute Gasteiger partial charge is 0.475 e. The fourth-order valence-corrected chi connectivity index (χ4v) is 3.65. The van der Waals surface area contributed by atoms with E-state index in [9.17, 15) is 26.7 Å². The Labute approximate surface area is 195 Å². The van der Waals surface area contributed by atoms with Crippen LogP contribution < -0.4 is 5.32 Å². The Bertz CT molecular complexity index is 1270. The SMILES string of the molecule is O=C(Nc1cccc2c1CN(C1CC1)C2)c1cc(-c2cc(F)ccc2F)no1.O=C(O)C(F)(F)F. The second-order valence-corrected chi connectivity index (χ2v) is 8.04. The normalized spacial score (nSPS) is 15.2. The number of rotatable bonds is 4. The first kappa shape index (κ1) is 24.3. The molecule has 1 aliphatic heterocycles. The predicted molar refractivity (Wildman–Crippen MR) is 112 cm³/mol. The summed E-state index contributed by atoms with van der Waals surface area (Å²) in [5.74, 6) is -4.53. The predicted octanol–water partition coefficient (Wildman–Crippen LogP) is 4.98. The van der Waals surface area contributed by atoms with Crippen molar-refractivity contribution in [3.8, 4) is 11.3 Å². The highest BCUT2D eigenvalue weighted by molar-refractivity contribution is 6.03. The van der Waals surface area contributed by atoms with Gasteiger partial charge < -0.3 is 14.9 Å². The van der Waals surface area contributed by atoms with Gasteiger partial charge in [0.2, 0.25) is 5.76 Å². The molecule has 1 saturated carbocycles. The van der Waals surface area contributed by atoms with Crippen LogP contribution in [0.4, 0.5) is 27.6 Å². The van der Waals surface area contributed by atoms with Crippen LogP contribution in [0.15, 0.2) is 47.0 Å². The van der Waals surface area contributed by atoms with E-state index in [4.69, 9.17) is 14.4 Å². The summed E-state index contributed by atoms with van der Waals surface area (Å²) in [7, 11) is 0. The zero-order chi connectivity index (χ0) is 25.3. The molecule has 1 aromatic heterocycles. The van der Waals surface area contributed by atoms with Gasteiger partial charge in [-0.1, -0.05) is 17.3 Å². The van der Waals surface area contributed by atoms with Gasteiger partial charge in [0.15, 0.2) is 0 Å². The van der Waals surface area contributed by atoms with Crippen molar-refractivity contribution in [1.29, 1.82) is 0 Å². The second-order valence-electron chi connectivity index (χ2n) is 8.04. The molecular formula is C23H18F5N3O4. The number of nitrogens with one attached hydrogen (secondary N) is 1. The van der Waals surface area contributed by atoms with Gasteiger partial charge in [0.1, 0.15) is 17.3 Å². The summed E-state index contributed by atoms with van der Waals surface area (Å²) in [4.78, 5) is 23.9. The molecule has 0 bridgehead atoms. The van der Waals surface area contributed by atoms with E-state index in [0.29, 0.717) is 6.04 Å². The van der Waals surface area contributed by atoms with Crippen LogP contribution in [0.2, 0.25) is 0 Å². The van der Waals surface area contributed by atoms with E-state index in [1.165, 1.54) is 24.5 Å². The van der Waals surface area contributed by atoms with Crippen molar-refractivity contribution in [2.45, 2.75) is 38.1 Å². The van der Waals surface area contributed by atoms with E-state index in [2.05, 4.69) is 21.4 Å². The van der Waals surface area contributed by atoms with Crippen LogP contribution in [0.25, 0.3) is 11.3 Å². The molecule has 1 fully saturated rings. The van der Waals surface area contributed by atoms with Crippen molar-refractivity contribution in [2.75, 3.05) is 5.32 Å². The highest BCUT2D eigenvalue weighted by atomic mass is 19.4. The number of alkyl halides is 3. The average Bonchev–Trinajstić information content (AvgIpc) is 3.35. The van der Waals surface area contributed by atoms with Crippen LogP contribution in [-0.2, 0) is 17.9 Å². The number of carbonyl (C=O) groups is 2. The van der Waals surface area contributed by atoms with Gasteiger partial charge in [0.25, 0.3) is 5.91 Å². The van der Waals surface area contributed by atoms with Crippen molar-refractivity contribution in [3.63, 3.8) is 0 Å². The number of benzene rings is 2. The largest absolute Gasteiger partial charge is 0.490 e. The lowest BCUT2D eigenvalue weighted by molar-refractivity contribution is -0.192. The van der Waals surface area contributed by atoms with E-state index in [0.717, 1.165) is 42.5 Å². The standard InChI is InChI=1S/C21H17F2N3O2.C2HF3O2/c22-13-4-7-17(23)15(8-13)19-9-20(28-25-19)21(27)24-18-3-1-2-12-10-26(11-16(12)18)14-5-6-14;3-2(4,5)1(6)7/h1-4,7-9,14H,5-6,10-11H2,(H,24,27);(H,6,7). The molecule has 1 aliphatic carbocycles. The third kappa shape index (κ3) is 5.65. The van der Waals surface area contributed by atoms with Crippen LogP contribution in [-0.4, -0.2) is 39.3 Å². The number of aromatic nitrogens is 1. The Hall–Kier alpha value is -3.80. The summed E-state index contributed by atoms with van der Waals surface area (Å²) in [6.45, 7) is 1.71. The van der Waals surface area contributed by atoms with Crippen LogP contribution in [0.5, 0.6) is 0 Å².